The van der Waals surface area contributed by atoms with E-state index in [1.54, 1.807) is 12.1 Å². The van der Waals surface area contributed by atoms with Crippen molar-refractivity contribution in [2.45, 2.75) is 52.9 Å². The van der Waals surface area contributed by atoms with Gasteiger partial charge in [-0.1, -0.05) is 27.2 Å². The van der Waals surface area contributed by atoms with Gasteiger partial charge in [-0.05, 0) is 49.1 Å². The third kappa shape index (κ3) is 4.06. The minimum atomic E-state index is -0.396. The molecule has 1 aliphatic carbocycles. The zero-order valence-corrected chi connectivity index (χ0v) is 13.6. The van der Waals surface area contributed by atoms with Crippen molar-refractivity contribution in [2.75, 3.05) is 5.43 Å². The second kappa shape index (κ2) is 6.90. The second-order valence-corrected chi connectivity index (χ2v) is 6.71. The zero-order chi connectivity index (χ0) is 16.2. The van der Waals surface area contributed by atoms with E-state index in [1.807, 2.05) is 0 Å². The lowest BCUT2D eigenvalue weighted by Crippen LogP contribution is -2.28. The second-order valence-electron chi connectivity index (χ2n) is 6.71. The molecule has 2 rings (SSSR count). The molecule has 0 spiro atoms. The normalized spacial score (nSPS) is 18.9. The van der Waals surface area contributed by atoms with Crippen molar-refractivity contribution in [1.82, 2.24) is 0 Å². The highest BCUT2D eigenvalue weighted by Crippen LogP contribution is 2.39. The molecular weight excluding hydrogens is 278 g/mol. The van der Waals surface area contributed by atoms with E-state index in [-0.39, 0.29) is 5.69 Å². The van der Waals surface area contributed by atoms with E-state index in [0.717, 1.165) is 24.4 Å². The van der Waals surface area contributed by atoms with Crippen molar-refractivity contribution in [2.24, 2.45) is 16.4 Å². The van der Waals surface area contributed by atoms with Gasteiger partial charge in [0.15, 0.2) is 0 Å². The number of nitrogens with one attached hydrogen (secondary N) is 1. The van der Waals surface area contributed by atoms with E-state index >= 15 is 0 Å². The van der Waals surface area contributed by atoms with Crippen molar-refractivity contribution in [3.05, 3.63) is 34.4 Å². The minimum absolute atomic E-state index is 0.0977. The number of hydrazone groups is 1. The Morgan fingerprint density at radius 3 is 2.36 bits per heavy atom. The number of nitro benzene ring substituents is 1. The maximum atomic E-state index is 10.6. The van der Waals surface area contributed by atoms with Crippen LogP contribution in [0.4, 0.5) is 11.4 Å². The topological polar surface area (TPSA) is 67.5 Å². The molecule has 120 valence electrons. The average Bonchev–Trinajstić information content (AvgIpc) is 2.53. The van der Waals surface area contributed by atoms with E-state index in [0.29, 0.717) is 5.41 Å². The summed E-state index contributed by atoms with van der Waals surface area (Å²) in [6.45, 7) is 6.98. The van der Waals surface area contributed by atoms with Crippen LogP contribution in [0.5, 0.6) is 0 Å². The Hall–Kier alpha value is -1.91. The van der Waals surface area contributed by atoms with E-state index in [9.17, 15) is 10.1 Å². The molecule has 5 nitrogen and oxygen atoms in total. The summed E-state index contributed by atoms with van der Waals surface area (Å²) in [5.74, 6) is 0.774. The van der Waals surface area contributed by atoms with Crippen molar-refractivity contribution >= 4 is 17.1 Å². The van der Waals surface area contributed by atoms with Crippen LogP contribution in [0.2, 0.25) is 0 Å². The Kier molecular flexibility index (Phi) is 5.16. The van der Waals surface area contributed by atoms with Crippen molar-refractivity contribution in [3.63, 3.8) is 0 Å². The van der Waals surface area contributed by atoms with Crippen LogP contribution >= 0.6 is 0 Å². The van der Waals surface area contributed by atoms with E-state index in [1.165, 1.54) is 37.1 Å². The summed E-state index contributed by atoms with van der Waals surface area (Å²) in [5, 5.41) is 15.1. The first-order valence-corrected chi connectivity index (χ1v) is 7.98. The lowest BCUT2D eigenvalue weighted by molar-refractivity contribution is -0.384. The molecule has 0 saturated heterocycles. The predicted molar refractivity (Wildman–Crippen MR) is 90.2 cm³/mol. The molecule has 0 radical (unpaired) electrons. The molecule has 0 bridgehead atoms. The highest BCUT2D eigenvalue weighted by Gasteiger charge is 2.30. The van der Waals surface area contributed by atoms with Crippen LogP contribution in [0.1, 0.15) is 52.9 Å². The van der Waals surface area contributed by atoms with Crippen molar-refractivity contribution < 1.29 is 4.92 Å². The summed E-state index contributed by atoms with van der Waals surface area (Å²) in [7, 11) is 0. The largest absolute Gasteiger partial charge is 0.279 e. The number of anilines is 1. The van der Waals surface area contributed by atoms with Crippen LogP contribution in [0.3, 0.4) is 0 Å². The minimum Gasteiger partial charge on any atom is -0.279 e. The molecule has 22 heavy (non-hydrogen) atoms. The summed E-state index contributed by atoms with van der Waals surface area (Å²) in [6, 6.07) is 6.36. The van der Waals surface area contributed by atoms with Gasteiger partial charge in [0.1, 0.15) is 0 Å². The third-order valence-corrected chi connectivity index (χ3v) is 5.00. The molecule has 1 N–H and O–H groups in total. The lowest BCUT2D eigenvalue weighted by atomic mass is 9.69. The Bertz CT molecular complexity index is 540. The lowest BCUT2D eigenvalue weighted by Gasteiger charge is -2.36. The number of nitrogens with zero attached hydrogens (tertiary/aromatic N) is 2. The summed E-state index contributed by atoms with van der Waals surface area (Å²) in [4.78, 5) is 10.2. The van der Waals surface area contributed by atoms with Crippen molar-refractivity contribution in [3.8, 4) is 0 Å². The van der Waals surface area contributed by atoms with Crippen LogP contribution in [-0.4, -0.2) is 10.6 Å². The molecule has 0 aromatic heterocycles. The zero-order valence-electron chi connectivity index (χ0n) is 13.6. The van der Waals surface area contributed by atoms with Gasteiger partial charge in [0.05, 0.1) is 10.6 Å². The van der Waals surface area contributed by atoms with Gasteiger partial charge in [0.2, 0.25) is 0 Å². The first kappa shape index (κ1) is 16.5. The first-order chi connectivity index (χ1) is 10.4. The Morgan fingerprint density at radius 2 is 1.86 bits per heavy atom. The maximum Gasteiger partial charge on any atom is 0.269 e. The van der Waals surface area contributed by atoms with Gasteiger partial charge in [-0.2, -0.15) is 5.10 Å². The Morgan fingerprint density at radius 1 is 1.27 bits per heavy atom. The van der Waals surface area contributed by atoms with Crippen LogP contribution in [-0.2, 0) is 0 Å². The molecule has 1 saturated carbocycles. The smallest absolute Gasteiger partial charge is 0.269 e. The molecular formula is C17H25N3O2. The van der Waals surface area contributed by atoms with Crippen LogP contribution in [0, 0.1) is 21.4 Å². The number of rotatable bonds is 5. The van der Waals surface area contributed by atoms with E-state index in [4.69, 9.17) is 0 Å². The van der Waals surface area contributed by atoms with Crippen molar-refractivity contribution in [1.29, 1.82) is 0 Å². The molecule has 0 amide bonds. The third-order valence-electron chi connectivity index (χ3n) is 5.00. The SMILES string of the molecule is CCC(C)(C)C1CCC(=NNc2ccc([N+](=O)[O-])cc2)CC1. The van der Waals surface area contributed by atoms with Gasteiger partial charge in [-0.15, -0.1) is 0 Å². The van der Waals surface area contributed by atoms with Crippen LogP contribution in [0.25, 0.3) is 0 Å². The standard InChI is InChI=1S/C17H25N3O2/c1-4-17(2,3)13-5-7-14(8-6-13)18-19-15-9-11-16(12-10-15)20(21)22/h9-13,19H,4-8H2,1-3H3. The van der Waals surface area contributed by atoms with Crippen LogP contribution < -0.4 is 5.43 Å². The van der Waals surface area contributed by atoms with Crippen LogP contribution in [0.15, 0.2) is 29.4 Å². The maximum absolute atomic E-state index is 10.6. The van der Waals surface area contributed by atoms with Gasteiger partial charge < -0.3 is 0 Å². The number of non-ortho nitro benzene ring substituents is 1. The highest BCUT2D eigenvalue weighted by atomic mass is 16.6. The average molecular weight is 303 g/mol. The fourth-order valence-electron chi connectivity index (χ4n) is 2.93. The quantitative estimate of drug-likeness (QED) is 0.615. The molecule has 1 aromatic rings. The highest BCUT2D eigenvalue weighted by molar-refractivity contribution is 5.85. The Labute approximate surface area is 132 Å². The van der Waals surface area contributed by atoms with Gasteiger partial charge in [0.25, 0.3) is 5.69 Å². The number of hydrogen-bond acceptors (Lipinski definition) is 4. The molecule has 1 fully saturated rings. The molecule has 0 heterocycles. The van der Waals surface area contributed by atoms with E-state index in [2.05, 4.69) is 31.3 Å². The molecule has 0 atom stereocenters. The molecule has 0 aliphatic heterocycles. The van der Waals surface area contributed by atoms with Gasteiger partial charge in [-0.25, -0.2) is 0 Å². The van der Waals surface area contributed by atoms with Gasteiger partial charge in [-0.3, -0.25) is 15.5 Å². The number of hydrogen-bond donors (Lipinski definition) is 1. The monoisotopic (exact) mass is 303 g/mol. The number of nitro groups is 1. The summed E-state index contributed by atoms with van der Waals surface area (Å²) in [5.41, 5.74) is 5.51. The molecule has 1 aromatic carbocycles. The predicted octanol–water partition coefficient (Wildman–Crippen LogP) is 4.99. The van der Waals surface area contributed by atoms with Gasteiger partial charge >= 0.3 is 0 Å². The summed E-state index contributed by atoms with van der Waals surface area (Å²) >= 11 is 0. The fourth-order valence-corrected chi connectivity index (χ4v) is 2.93. The first-order valence-electron chi connectivity index (χ1n) is 7.98. The molecule has 0 unspecified atom stereocenters. The van der Waals surface area contributed by atoms with E-state index < -0.39 is 4.92 Å². The van der Waals surface area contributed by atoms with Gasteiger partial charge in [0, 0.05) is 17.8 Å². The number of benzene rings is 1. The Balaban J connectivity index is 1.89. The summed E-state index contributed by atoms with van der Waals surface area (Å²) < 4.78 is 0. The summed E-state index contributed by atoms with van der Waals surface area (Å²) in [6.07, 6.45) is 5.68. The molecule has 1 aliphatic rings. The molecule has 5 heteroatoms. The fraction of sp³-hybridized carbons (Fsp3) is 0.588.